The minimum Gasteiger partial charge on any atom is -0.393 e. The molecule has 0 heterocycles. The topological polar surface area (TPSA) is 110 Å². The van der Waals surface area contributed by atoms with Gasteiger partial charge >= 0.3 is 0 Å². The summed E-state index contributed by atoms with van der Waals surface area (Å²) < 4.78 is 26.6. The van der Waals surface area contributed by atoms with Gasteiger partial charge in [-0.25, -0.2) is 13.1 Å². The first kappa shape index (κ1) is 17.5. The van der Waals surface area contributed by atoms with Gasteiger partial charge in [0.2, 0.25) is 10.0 Å². The third-order valence-corrected chi connectivity index (χ3v) is 4.65. The van der Waals surface area contributed by atoms with E-state index in [2.05, 4.69) is 4.72 Å². The minimum atomic E-state index is -3.79. The minimum absolute atomic E-state index is 0.116. The van der Waals surface area contributed by atoms with Gasteiger partial charge in [-0.15, -0.1) is 0 Å². The summed E-state index contributed by atoms with van der Waals surface area (Å²) in [7, 11) is -3.79. The molecule has 21 heavy (non-hydrogen) atoms. The summed E-state index contributed by atoms with van der Waals surface area (Å²) in [6.07, 6.45) is 0.483. The molecule has 118 valence electrons. The van der Waals surface area contributed by atoms with Gasteiger partial charge in [0.15, 0.2) is 0 Å². The summed E-state index contributed by atoms with van der Waals surface area (Å²) in [6, 6.07) is 2.48. The van der Waals surface area contributed by atoms with Crippen LogP contribution in [0.5, 0.6) is 0 Å². The molecule has 2 N–H and O–H groups in total. The van der Waals surface area contributed by atoms with Crippen LogP contribution in [0.3, 0.4) is 0 Å². The van der Waals surface area contributed by atoms with Crippen LogP contribution in [0.2, 0.25) is 0 Å². The van der Waals surface area contributed by atoms with E-state index in [9.17, 15) is 18.5 Å². The highest BCUT2D eigenvalue weighted by Crippen LogP contribution is 2.25. The van der Waals surface area contributed by atoms with Crippen molar-refractivity contribution in [3.05, 3.63) is 33.4 Å². The number of sulfonamides is 1. The molecule has 8 heteroatoms. The maximum atomic E-state index is 12.1. The molecule has 0 spiro atoms. The average molecular weight is 316 g/mol. The molecule has 0 aromatic heterocycles. The fraction of sp³-hybridized carbons (Fsp3) is 0.538. The van der Waals surface area contributed by atoms with E-state index in [1.807, 2.05) is 0 Å². The predicted octanol–water partition coefficient (Wildman–Crippen LogP) is 1.65. The second kappa shape index (κ2) is 6.97. The van der Waals surface area contributed by atoms with Gasteiger partial charge in [0.05, 0.1) is 15.9 Å². The van der Waals surface area contributed by atoms with Crippen LogP contribution in [0.4, 0.5) is 5.69 Å². The molecule has 0 bridgehead atoms. The lowest BCUT2D eigenvalue weighted by atomic mass is 10.1. The fourth-order valence-corrected chi connectivity index (χ4v) is 3.02. The molecular weight excluding hydrogens is 296 g/mol. The number of nitrogens with zero attached hydrogens (tertiary/aromatic N) is 1. The molecule has 0 aliphatic heterocycles. The Morgan fingerprint density at radius 2 is 2.00 bits per heavy atom. The SMILES string of the molecule is Cc1cc(S(=O)(=O)NCCCC(C)O)cc([N+](=O)[O-])c1C. The Bertz CT molecular complexity index is 626. The van der Waals surface area contributed by atoms with Crippen LogP contribution in [0, 0.1) is 24.0 Å². The van der Waals surface area contributed by atoms with Crippen molar-refractivity contribution in [2.75, 3.05) is 6.54 Å². The van der Waals surface area contributed by atoms with E-state index in [1.165, 1.54) is 6.07 Å². The molecule has 7 nitrogen and oxygen atoms in total. The van der Waals surface area contributed by atoms with Gasteiger partial charge in [0.1, 0.15) is 0 Å². The van der Waals surface area contributed by atoms with Crippen LogP contribution in [-0.4, -0.2) is 31.1 Å². The highest BCUT2D eigenvalue weighted by Gasteiger charge is 2.21. The number of aliphatic hydroxyl groups is 1. The standard InChI is InChI=1S/C13H20N2O5S/c1-9-7-12(8-13(11(9)3)15(17)18)21(19,20)14-6-4-5-10(2)16/h7-8,10,14,16H,4-6H2,1-3H3. The van der Waals surface area contributed by atoms with Gasteiger partial charge in [0, 0.05) is 18.2 Å². The molecule has 0 fully saturated rings. The number of nitrogens with one attached hydrogen (secondary N) is 1. The normalized spacial score (nSPS) is 13.1. The van der Waals surface area contributed by atoms with Crippen LogP contribution in [-0.2, 0) is 10.0 Å². The largest absolute Gasteiger partial charge is 0.393 e. The number of hydrogen-bond acceptors (Lipinski definition) is 5. The summed E-state index contributed by atoms with van der Waals surface area (Å²) in [6.45, 7) is 5.02. The summed E-state index contributed by atoms with van der Waals surface area (Å²) in [4.78, 5) is 10.2. The molecular formula is C13H20N2O5S. The molecule has 1 atom stereocenters. The van der Waals surface area contributed by atoms with Crippen molar-refractivity contribution < 1.29 is 18.4 Å². The van der Waals surface area contributed by atoms with E-state index in [0.717, 1.165) is 6.07 Å². The summed E-state index contributed by atoms with van der Waals surface area (Å²) in [5.74, 6) is 0. The highest BCUT2D eigenvalue weighted by molar-refractivity contribution is 7.89. The van der Waals surface area contributed by atoms with Crippen LogP contribution in [0.25, 0.3) is 0 Å². The Hall–Kier alpha value is -1.51. The van der Waals surface area contributed by atoms with Gasteiger partial charge in [-0.05, 0) is 45.2 Å². The van der Waals surface area contributed by atoms with Gasteiger partial charge in [-0.2, -0.15) is 0 Å². The first-order chi connectivity index (χ1) is 9.65. The summed E-state index contributed by atoms with van der Waals surface area (Å²) in [5.41, 5.74) is 0.793. The van der Waals surface area contributed by atoms with Crippen molar-refractivity contribution in [1.82, 2.24) is 4.72 Å². The van der Waals surface area contributed by atoms with Gasteiger partial charge in [0.25, 0.3) is 5.69 Å². The number of aliphatic hydroxyl groups excluding tert-OH is 1. The van der Waals surface area contributed by atoms with E-state index in [1.54, 1.807) is 20.8 Å². The van der Waals surface area contributed by atoms with Crippen molar-refractivity contribution >= 4 is 15.7 Å². The maximum absolute atomic E-state index is 12.1. The summed E-state index contributed by atoms with van der Waals surface area (Å²) in [5, 5.41) is 20.1. The lowest BCUT2D eigenvalue weighted by Gasteiger charge is -2.10. The molecule has 1 aromatic carbocycles. The number of hydrogen-bond donors (Lipinski definition) is 2. The lowest BCUT2D eigenvalue weighted by molar-refractivity contribution is -0.385. The summed E-state index contributed by atoms with van der Waals surface area (Å²) >= 11 is 0. The molecule has 1 aromatic rings. The number of nitro groups is 1. The first-order valence-corrected chi connectivity index (χ1v) is 8.07. The number of nitro benzene ring substituents is 1. The van der Waals surface area contributed by atoms with Crippen molar-refractivity contribution in [2.24, 2.45) is 0 Å². The van der Waals surface area contributed by atoms with Crippen molar-refractivity contribution in [3.63, 3.8) is 0 Å². The number of benzene rings is 1. The van der Waals surface area contributed by atoms with E-state index in [4.69, 9.17) is 5.11 Å². The van der Waals surface area contributed by atoms with Crippen LogP contribution < -0.4 is 4.72 Å². The highest BCUT2D eigenvalue weighted by atomic mass is 32.2. The molecule has 0 saturated heterocycles. The Morgan fingerprint density at radius 1 is 1.38 bits per heavy atom. The maximum Gasteiger partial charge on any atom is 0.273 e. The second-order valence-corrected chi connectivity index (χ2v) is 6.80. The fourth-order valence-electron chi connectivity index (χ4n) is 1.84. The van der Waals surface area contributed by atoms with Crippen LogP contribution in [0.1, 0.15) is 30.9 Å². The van der Waals surface area contributed by atoms with Gasteiger partial charge < -0.3 is 5.11 Å². The molecule has 1 unspecified atom stereocenters. The molecule has 0 aliphatic carbocycles. The van der Waals surface area contributed by atoms with E-state index in [0.29, 0.717) is 24.0 Å². The Labute approximate surface area is 124 Å². The number of rotatable bonds is 7. The first-order valence-electron chi connectivity index (χ1n) is 6.58. The molecule has 0 saturated carbocycles. The quantitative estimate of drug-likeness (QED) is 0.451. The van der Waals surface area contributed by atoms with Gasteiger partial charge in [-0.3, -0.25) is 10.1 Å². The van der Waals surface area contributed by atoms with Gasteiger partial charge in [-0.1, -0.05) is 0 Å². The lowest BCUT2D eigenvalue weighted by Crippen LogP contribution is -2.25. The van der Waals surface area contributed by atoms with Crippen molar-refractivity contribution in [3.8, 4) is 0 Å². The van der Waals surface area contributed by atoms with E-state index < -0.39 is 21.1 Å². The zero-order valence-electron chi connectivity index (χ0n) is 12.3. The predicted molar refractivity (Wildman–Crippen MR) is 78.7 cm³/mol. The molecule has 1 rings (SSSR count). The van der Waals surface area contributed by atoms with Crippen LogP contribution in [0.15, 0.2) is 17.0 Å². The molecule has 0 amide bonds. The van der Waals surface area contributed by atoms with Crippen LogP contribution >= 0.6 is 0 Å². The average Bonchev–Trinajstić information content (AvgIpc) is 2.37. The third kappa shape index (κ3) is 4.76. The van der Waals surface area contributed by atoms with E-state index >= 15 is 0 Å². The second-order valence-electron chi connectivity index (χ2n) is 5.03. The van der Waals surface area contributed by atoms with E-state index in [-0.39, 0.29) is 17.1 Å². The molecule has 0 radical (unpaired) electrons. The van der Waals surface area contributed by atoms with Crippen molar-refractivity contribution in [1.29, 1.82) is 0 Å². The van der Waals surface area contributed by atoms with Crippen molar-refractivity contribution in [2.45, 2.75) is 44.6 Å². The molecule has 0 aliphatic rings. The third-order valence-electron chi connectivity index (χ3n) is 3.21. The zero-order chi connectivity index (χ0) is 16.2. The smallest absolute Gasteiger partial charge is 0.273 e. The monoisotopic (exact) mass is 316 g/mol. The number of aryl methyl sites for hydroxylation is 1. The Balaban J connectivity index is 2.96. The Kier molecular flexibility index (Phi) is 5.82. The Morgan fingerprint density at radius 3 is 2.52 bits per heavy atom. The zero-order valence-corrected chi connectivity index (χ0v) is 13.1.